The molecule has 0 amide bonds. The van der Waals surface area contributed by atoms with Crippen LogP contribution in [0, 0.1) is 13.8 Å². The summed E-state index contributed by atoms with van der Waals surface area (Å²) in [7, 11) is 0.555. The van der Waals surface area contributed by atoms with Gasteiger partial charge in [0.25, 0.3) is 0 Å². The minimum Gasteiger partial charge on any atom is -0.488 e. The van der Waals surface area contributed by atoms with Gasteiger partial charge in [-0.15, -0.1) is 0 Å². The molecule has 3 heteroatoms. The van der Waals surface area contributed by atoms with Gasteiger partial charge in [-0.2, -0.15) is 0 Å². The van der Waals surface area contributed by atoms with Crippen molar-refractivity contribution in [1.82, 2.24) is 0 Å². The third-order valence-electron chi connectivity index (χ3n) is 6.19. The Balaban J connectivity index is 2.02. The van der Waals surface area contributed by atoms with Crippen molar-refractivity contribution in [3.05, 3.63) is 94.5 Å². The predicted octanol–water partition coefficient (Wildman–Crippen LogP) is 6.96. The van der Waals surface area contributed by atoms with Crippen LogP contribution in [0.4, 0.5) is 0 Å². The van der Waals surface area contributed by atoms with Crippen molar-refractivity contribution in [3.63, 3.8) is 0 Å². The molecule has 2 atom stereocenters. The minimum atomic E-state index is -0.472. The molecule has 0 spiro atoms. The average Bonchev–Trinajstić information content (AvgIpc) is 2.78. The number of ether oxygens (including phenoxy) is 1. The van der Waals surface area contributed by atoms with Crippen LogP contribution in [-0.2, 0) is 11.8 Å². The molecule has 0 bridgehead atoms. The van der Waals surface area contributed by atoms with E-state index in [4.69, 9.17) is 4.74 Å². The normalized spacial score (nSPS) is 13.0. The van der Waals surface area contributed by atoms with Crippen LogP contribution in [0.25, 0.3) is 0 Å². The van der Waals surface area contributed by atoms with Crippen molar-refractivity contribution in [2.24, 2.45) is 0 Å². The van der Waals surface area contributed by atoms with Gasteiger partial charge < -0.3 is 9.84 Å². The molecule has 164 valence electrons. The van der Waals surface area contributed by atoms with Crippen molar-refractivity contribution in [2.45, 2.75) is 65.3 Å². The van der Waals surface area contributed by atoms with E-state index in [1.807, 2.05) is 13.0 Å². The first-order valence-electron chi connectivity index (χ1n) is 11.2. The summed E-state index contributed by atoms with van der Waals surface area (Å²) in [5, 5.41) is 11.6. The van der Waals surface area contributed by atoms with Gasteiger partial charge in [0.05, 0.1) is 6.10 Å². The Morgan fingerprint density at radius 2 is 1.65 bits per heavy atom. The summed E-state index contributed by atoms with van der Waals surface area (Å²) in [4.78, 5) is 0. The van der Waals surface area contributed by atoms with Crippen molar-refractivity contribution >= 4 is 13.9 Å². The highest BCUT2D eigenvalue weighted by molar-refractivity contribution is 7.48. The molecule has 0 aliphatic rings. The Hall–Kier alpha value is -2.15. The Morgan fingerprint density at radius 1 is 0.935 bits per heavy atom. The summed E-state index contributed by atoms with van der Waals surface area (Å²) in [6, 6.07) is 23.4. The van der Waals surface area contributed by atoms with E-state index in [1.54, 1.807) is 0 Å². The molecule has 0 aliphatic carbocycles. The molecular formula is C28H35O2P. The summed E-state index contributed by atoms with van der Waals surface area (Å²) in [5.74, 6) is 1.01. The lowest BCUT2D eigenvalue weighted by molar-refractivity contribution is 0.200. The summed E-state index contributed by atoms with van der Waals surface area (Å²) < 4.78 is 6.45. The highest BCUT2D eigenvalue weighted by atomic mass is 31.1. The highest BCUT2D eigenvalue weighted by Crippen LogP contribution is 2.51. The molecule has 0 saturated heterocycles. The summed E-state index contributed by atoms with van der Waals surface area (Å²) >= 11 is 0. The van der Waals surface area contributed by atoms with Crippen LogP contribution in [-0.4, -0.2) is 5.11 Å². The maximum Gasteiger partial charge on any atom is 0.126 e. The number of aliphatic hydroxyl groups is 1. The molecule has 0 heterocycles. The third kappa shape index (κ3) is 5.37. The zero-order chi connectivity index (χ0) is 22.4. The van der Waals surface area contributed by atoms with E-state index in [1.165, 1.54) is 27.6 Å². The fourth-order valence-electron chi connectivity index (χ4n) is 4.23. The largest absolute Gasteiger partial charge is 0.488 e. The van der Waals surface area contributed by atoms with Gasteiger partial charge in [0.2, 0.25) is 0 Å². The summed E-state index contributed by atoms with van der Waals surface area (Å²) in [6.07, 6.45) is 1.56. The molecule has 0 aromatic heterocycles. The lowest BCUT2D eigenvalue weighted by atomic mass is 9.90. The van der Waals surface area contributed by atoms with Crippen LogP contribution in [0.3, 0.4) is 0 Å². The van der Waals surface area contributed by atoms with Gasteiger partial charge in [0, 0.05) is 10.7 Å². The van der Waals surface area contributed by atoms with E-state index in [-0.39, 0.29) is 5.16 Å². The molecule has 0 saturated carbocycles. The van der Waals surface area contributed by atoms with E-state index in [0.717, 1.165) is 24.2 Å². The van der Waals surface area contributed by atoms with E-state index >= 15 is 0 Å². The molecule has 3 aromatic carbocycles. The molecule has 0 radical (unpaired) electrons. The number of aryl methyl sites for hydroxylation is 2. The molecule has 1 N–H and O–H groups in total. The minimum absolute atomic E-state index is 0.0308. The van der Waals surface area contributed by atoms with Gasteiger partial charge in [-0.05, 0) is 55.6 Å². The first kappa shape index (κ1) is 23.5. The van der Waals surface area contributed by atoms with E-state index in [0.29, 0.717) is 15.2 Å². The maximum absolute atomic E-state index is 10.4. The molecule has 3 aromatic rings. The first-order valence-corrected chi connectivity index (χ1v) is 12.2. The molecule has 2 unspecified atom stereocenters. The van der Waals surface area contributed by atoms with E-state index in [9.17, 15) is 5.11 Å². The SMILES string of the molecule is CCC(CC)(Pc1ccc(C)cc1C(C)O)c1cccc(C)c1OCc1ccccc1. The van der Waals surface area contributed by atoms with Gasteiger partial charge >= 0.3 is 0 Å². The first-order chi connectivity index (χ1) is 14.9. The number of hydrogen-bond donors (Lipinski definition) is 1. The van der Waals surface area contributed by atoms with Gasteiger partial charge in [-0.25, -0.2) is 0 Å². The second-order valence-corrected chi connectivity index (χ2v) is 10.2. The maximum atomic E-state index is 10.4. The Kier molecular flexibility index (Phi) is 7.92. The number of hydrogen-bond acceptors (Lipinski definition) is 2. The standard InChI is InChI=1S/C28H35O2P/c1-6-28(7-2,31-26-17-16-20(3)18-24(26)22(5)29)25-15-11-12-21(4)27(25)30-19-23-13-9-8-10-14-23/h8-18,22,29,31H,6-7,19H2,1-5H3. The molecular weight excluding hydrogens is 399 g/mol. The third-order valence-corrected chi connectivity index (χ3v) is 8.37. The lowest BCUT2D eigenvalue weighted by Crippen LogP contribution is -2.24. The van der Waals surface area contributed by atoms with Crippen LogP contribution in [0.5, 0.6) is 5.75 Å². The molecule has 0 aliphatic heterocycles. The molecule has 2 nitrogen and oxygen atoms in total. The number of aliphatic hydroxyl groups excluding tert-OH is 1. The number of para-hydroxylation sites is 1. The second-order valence-electron chi connectivity index (χ2n) is 8.41. The van der Waals surface area contributed by atoms with Crippen LogP contribution >= 0.6 is 8.58 Å². The van der Waals surface area contributed by atoms with Gasteiger partial charge in [-0.3, -0.25) is 0 Å². The van der Waals surface area contributed by atoms with Crippen molar-refractivity contribution in [2.75, 3.05) is 0 Å². The number of benzene rings is 3. The predicted molar refractivity (Wildman–Crippen MR) is 134 cm³/mol. The molecule has 0 fully saturated rings. The lowest BCUT2D eigenvalue weighted by Gasteiger charge is -2.35. The molecule has 31 heavy (non-hydrogen) atoms. The zero-order valence-corrected chi connectivity index (χ0v) is 20.4. The van der Waals surface area contributed by atoms with Gasteiger partial charge in [0.15, 0.2) is 0 Å². The fourth-order valence-corrected chi connectivity index (χ4v) is 6.02. The Morgan fingerprint density at radius 3 is 2.29 bits per heavy atom. The fraction of sp³-hybridized carbons (Fsp3) is 0.357. The smallest absolute Gasteiger partial charge is 0.126 e. The van der Waals surface area contributed by atoms with E-state index in [2.05, 4.69) is 88.4 Å². The van der Waals surface area contributed by atoms with Gasteiger partial charge in [-0.1, -0.05) is 94.7 Å². The van der Waals surface area contributed by atoms with Crippen LogP contribution < -0.4 is 10.0 Å². The summed E-state index contributed by atoms with van der Waals surface area (Å²) in [6.45, 7) is 11.2. The number of rotatable bonds is 9. The average molecular weight is 435 g/mol. The van der Waals surface area contributed by atoms with Crippen LogP contribution in [0.15, 0.2) is 66.7 Å². The second kappa shape index (κ2) is 10.4. The van der Waals surface area contributed by atoms with Crippen molar-refractivity contribution < 1.29 is 9.84 Å². The van der Waals surface area contributed by atoms with Crippen LogP contribution in [0.2, 0.25) is 0 Å². The van der Waals surface area contributed by atoms with E-state index < -0.39 is 6.10 Å². The monoisotopic (exact) mass is 434 g/mol. The summed E-state index contributed by atoms with van der Waals surface area (Å²) in [5.41, 5.74) is 5.86. The Bertz CT molecular complexity index is 991. The quantitative estimate of drug-likeness (QED) is 0.369. The zero-order valence-electron chi connectivity index (χ0n) is 19.4. The van der Waals surface area contributed by atoms with Crippen molar-refractivity contribution in [3.8, 4) is 5.75 Å². The van der Waals surface area contributed by atoms with Crippen LogP contribution in [0.1, 0.15) is 67.5 Å². The van der Waals surface area contributed by atoms with Gasteiger partial charge in [0.1, 0.15) is 12.4 Å². The van der Waals surface area contributed by atoms with Crippen molar-refractivity contribution in [1.29, 1.82) is 0 Å². The molecule has 3 rings (SSSR count). The highest BCUT2D eigenvalue weighted by Gasteiger charge is 2.33. The Labute approximate surface area is 189 Å². The topological polar surface area (TPSA) is 29.5 Å².